The standard InChI is InChI=1S/C4H8NO.K/c1-3-6-4-2-5-1;/h3,5H,1-2,4H2;/q-1;+1. The molecular formula is C4H8KNO. The molecule has 7 heavy (non-hydrogen) atoms. The maximum atomic E-state index is 4.88. The molecule has 2 nitrogen and oxygen atoms in total. The molecular weight excluding hydrogens is 117 g/mol. The molecule has 0 aromatic heterocycles. The Morgan fingerprint density at radius 2 is 2.43 bits per heavy atom. The summed E-state index contributed by atoms with van der Waals surface area (Å²) in [6, 6.07) is 0. The molecule has 1 N–H and O–H groups in total. The third-order valence-corrected chi connectivity index (χ3v) is 0.742. The molecule has 0 unspecified atom stereocenters. The molecule has 3 heteroatoms. The smallest absolute Gasteiger partial charge is 0.550 e. The predicted octanol–water partition coefficient (Wildman–Crippen LogP) is -3.23. The van der Waals surface area contributed by atoms with Crippen molar-refractivity contribution >= 4 is 0 Å². The monoisotopic (exact) mass is 125 g/mol. The second kappa shape index (κ2) is 5.69. The van der Waals surface area contributed by atoms with Crippen LogP contribution in [0.25, 0.3) is 0 Å². The van der Waals surface area contributed by atoms with E-state index in [2.05, 4.69) is 5.32 Å². The van der Waals surface area contributed by atoms with Crippen LogP contribution in [0.15, 0.2) is 0 Å². The van der Waals surface area contributed by atoms with Gasteiger partial charge < -0.3 is 10.1 Å². The molecule has 0 saturated carbocycles. The molecule has 0 radical (unpaired) electrons. The van der Waals surface area contributed by atoms with Crippen molar-refractivity contribution in [2.45, 2.75) is 0 Å². The van der Waals surface area contributed by atoms with Gasteiger partial charge in [0.1, 0.15) is 0 Å². The van der Waals surface area contributed by atoms with Crippen LogP contribution in [-0.4, -0.2) is 19.7 Å². The van der Waals surface area contributed by atoms with Gasteiger partial charge in [-0.1, -0.05) is 0 Å². The van der Waals surface area contributed by atoms with Gasteiger partial charge in [-0.05, 0) is 0 Å². The first kappa shape index (κ1) is 8.56. The molecule has 1 heterocycles. The molecule has 1 fully saturated rings. The molecule has 0 aromatic rings. The first-order chi connectivity index (χ1) is 3.00. The molecule has 0 amide bonds. The van der Waals surface area contributed by atoms with E-state index in [1.165, 1.54) is 0 Å². The van der Waals surface area contributed by atoms with Crippen LogP contribution in [0.3, 0.4) is 0 Å². The normalized spacial score (nSPS) is 20.6. The van der Waals surface area contributed by atoms with Crippen LogP contribution in [-0.2, 0) is 4.74 Å². The van der Waals surface area contributed by atoms with Crippen LogP contribution >= 0.6 is 0 Å². The minimum absolute atomic E-state index is 0. The summed E-state index contributed by atoms with van der Waals surface area (Å²) in [5, 5.41) is 3.10. The largest absolute Gasteiger partial charge is 1.00 e. The number of hydrogen-bond acceptors (Lipinski definition) is 2. The molecule has 1 aliphatic rings. The van der Waals surface area contributed by atoms with Gasteiger partial charge in [-0.15, -0.1) is 6.54 Å². The van der Waals surface area contributed by atoms with E-state index in [1.807, 2.05) is 0 Å². The van der Waals surface area contributed by atoms with Crippen LogP contribution in [0, 0.1) is 6.61 Å². The summed E-state index contributed by atoms with van der Waals surface area (Å²) in [6.45, 7) is 4.51. The van der Waals surface area contributed by atoms with E-state index in [0.29, 0.717) is 0 Å². The molecule has 36 valence electrons. The Morgan fingerprint density at radius 3 is 2.57 bits per heavy atom. The summed E-state index contributed by atoms with van der Waals surface area (Å²) in [6.07, 6.45) is 0. The van der Waals surface area contributed by atoms with Gasteiger partial charge in [-0.2, -0.15) is 6.61 Å². The SMILES string of the molecule is [CH-]1CNCCO1.[K+]. The Morgan fingerprint density at radius 1 is 1.57 bits per heavy atom. The van der Waals surface area contributed by atoms with Crippen molar-refractivity contribution in [3.05, 3.63) is 6.61 Å². The number of hydrogen-bond donors (Lipinski definition) is 1. The first-order valence-electron chi connectivity index (χ1n) is 2.14. The predicted molar refractivity (Wildman–Crippen MR) is 23.1 cm³/mol. The third kappa shape index (κ3) is 4.09. The van der Waals surface area contributed by atoms with Crippen molar-refractivity contribution < 1.29 is 56.1 Å². The average molecular weight is 125 g/mol. The molecule has 1 rings (SSSR count). The van der Waals surface area contributed by atoms with Crippen molar-refractivity contribution in [2.24, 2.45) is 0 Å². The number of nitrogens with one attached hydrogen (secondary N) is 1. The van der Waals surface area contributed by atoms with Crippen LogP contribution < -0.4 is 56.7 Å². The van der Waals surface area contributed by atoms with Crippen LogP contribution in [0.2, 0.25) is 0 Å². The number of morpholine rings is 1. The van der Waals surface area contributed by atoms with Crippen LogP contribution in [0.1, 0.15) is 0 Å². The van der Waals surface area contributed by atoms with E-state index in [4.69, 9.17) is 4.74 Å². The van der Waals surface area contributed by atoms with Crippen LogP contribution in [0.4, 0.5) is 0 Å². The zero-order chi connectivity index (χ0) is 4.24. The second-order valence-electron chi connectivity index (χ2n) is 1.24. The second-order valence-corrected chi connectivity index (χ2v) is 1.24. The molecule has 0 aromatic carbocycles. The van der Waals surface area contributed by atoms with E-state index >= 15 is 0 Å². The first-order valence-corrected chi connectivity index (χ1v) is 2.14. The summed E-state index contributed by atoms with van der Waals surface area (Å²) < 4.78 is 4.88. The molecule has 0 bridgehead atoms. The Hall–Kier alpha value is 1.56. The Balaban J connectivity index is 0.000000360. The fourth-order valence-corrected chi connectivity index (χ4v) is 0.434. The Kier molecular flexibility index (Phi) is 6.95. The van der Waals surface area contributed by atoms with Crippen LogP contribution in [0.5, 0.6) is 0 Å². The van der Waals surface area contributed by atoms with Crippen molar-refractivity contribution in [3.63, 3.8) is 0 Å². The van der Waals surface area contributed by atoms with Gasteiger partial charge in [0.15, 0.2) is 0 Å². The summed E-state index contributed by atoms with van der Waals surface area (Å²) in [5.41, 5.74) is 0. The van der Waals surface area contributed by atoms with Gasteiger partial charge in [-0.3, -0.25) is 0 Å². The van der Waals surface area contributed by atoms with Crippen molar-refractivity contribution in [1.82, 2.24) is 5.32 Å². The summed E-state index contributed by atoms with van der Waals surface area (Å²) >= 11 is 0. The molecule has 0 aliphatic carbocycles. The summed E-state index contributed by atoms with van der Waals surface area (Å²) in [5.74, 6) is 0. The number of rotatable bonds is 0. The average Bonchev–Trinajstić information content (AvgIpc) is 1.72. The van der Waals surface area contributed by atoms with E-state index in [0.717, 1.165) is 19.7 Å². The van der Waals surface area contributed by atoms with E-state index < -0.39 is 0 Å². The molecule has 1 saturated heterocycles. The van der Waals surface area contributed by atoms with Crippen molar-refractivity contribution in [1.29, 1.82) is 0 Å². The molecule has 1 aliphatic heterocycles. The van der Waals surface area contributed by atoms with Gasteiger partial charge >= 0.3 is 51.4 Å². The topological polar surface area (TPSA) is 21.3 Å². The summed E-state index contributed by atoms with van der Waals surface area (Å²) in [4.78, 5) is 0. The minimum Gasteiger partial charge on any atom is -0.550 e. The molecule has 0 atom stereocenters. The van der Waals surface area contributed by atoms with E-state index in [1.54, 1.807) is 6.61 Å². The van der Waals surface area contributed by atoms with E-state index in [-0.39, 0.29) is 51.4 Å². The quantitative estimate of drug-likeness (QED) is 0.271. The fourth-order valence-electron chi connectivity index (χ4n) is 0.434. The van der Waals surface area contributed by atoms with E-state index in [9.17, 15) is 0 Å². The zero-order valence-corrected chi connectivity index (χ0v) is 7.73. The zero-order valence-electron chi connectivity index (χ0n) is 4.61. The molecule has 0 spiro atoms. The maximum absolute atomic E-state index is 4.88. The van der Waals surface area contributed by atoms with Gasteiger partial charge in [0.05, 0.1) is 0 Å². The minimum atomic E-state index is 0. The van der Waals surface area contributed by atoms with Crippen molar-refractivity contribution in [2.75, 3.05) is 19.7 Å². The fraction of sp³-hybridized carbons (Fsp3) is 0.750. The maximum Gasteiger partial charge on any atom is 1.00 e. The third-order valence-electron chi connectivity index (χ3n) is 0.742. The Bertz CT molecular complexity index is 27.2. The van der Waals surface area contributed by atoms with Crippen molar-refractivity contribution in [3.8, 4) is 0 Å². The number of ether oxygens (including phenoxy) is 1. The van der Waals surface area contributed by atoms with Gasteiger partial charge in [0, 0.05) is 13.2 Å². The summed E-state index contributed by atoms with van der Waals surface area (Å²) in [7, 11) is 0. The Labute approximate surface area is 86.4 Å². The van der Waals surface area contributed by atoms with Gasteiger partial charge in [0.2, 0.25) is 0 Å². The van der Waals surface area contributed by atoms with Gasteiger partial charge in [0.25, 0.3) is 0 Å². The van der Waals surface area contributed by atoms with Gasteiger partial charge in [-0.25, -0.2) is 0 Å².